The summed E-state index contributed by atoms with van der Waals surface area (Å²) in [6, 6.07) is 13.1. The minimum atomic E-state index is -0.331. The molecule has 1 N–H and O–H groups in total. The third-order valence-corrected chi connectivity index (χ3v) is 3.94. The van der Waals surface area contributed by atoms with Gasteiger partial charge in [-0.3, -0.25) is 19.4 Å². The number of hydrogen-bond acceptors (Lipinski definition) is 5. The minimum Gasteiger partial charge on any atom is -0.304 e. The van der Waals surface area contributed by atoms with Gasteiger partial charge in [-0.1, -0.05) is 12.1 Å². The molecular weight excluding hydrogens is 328 g/mol. The van der Waals surface area contributed by atoms with Crippen LogP contribution in [0.5, 0.6) is 0 Å². The summed E-state index contributed by atoms with van der Waals surface area (Å²) < 4.78 is 1.79. The molecule has 1 amide bonds. The van der Waals surface area contributed by atoms with E-state index in [4.69, 9.17) is 0 Å². The van der Waals surface area contributed by atoms with Crippen molar-refractivity contribution in [1.82, 2.24) is 24.7 Å². The summed E-state index contributed by atoms with van der Waals surface area (Å²) in [6.07, 6.45) is 7.69. The predicted octanol–water partition coefficient (Wildman–Crippen LogP) is 2.72. The van der Waals surface area contributed by atoms with E-state index >= 15 is 0 Å². The normalized spacial score (nSPS) is 10.8. The Morgan fingerprint density at radius 2 is 1.85 bits per heavy atom. The van der Waals surface area contributed by atoms with Crippen LogP contribution in [0.4, 0.5) is 5.82 Å². The van der Waals surface area contributed by atoms with E-state index in [1.54, 1.807) is 23.1 Å². The van der Waals surface area contributed by atoms with Crippen molar-refractivity contribution in [1.29, 1.82) is 0 Å². The van der Waals surface area contributed by atoms with E-state index < -0.39 is 0 Å². The lowest BCUT2D eigenvalue weighted by molar-refractivity contribution is 0.102. The number of fused-ring (bicyclic) bond motifs is 1. The summed E-state index contributed by atoms with van der Waals surface area (Å²) in [4.78, 5) is 25.0. The lowest BCUT2D eigenvalue weighted by atomic mass is 10.2. The first-order valence-corrected chi connectivity index (χ1v) is 8.23. The highest BCUT2D eigenvalue weighted by atomic mass is 16.2. The number of nitrogens with one attached hydrogen (secondary N) is 1. The summed E-state index contributed by atoms with van der Waals surface area (Å²) in [7, 11) is 0. The Bertz CT molecular complexity index is 1040. The highest BCUT2D eigenvalue weighted by molar-refractivity contribution is 6.02. The molecule has 4 rings (SSSR count). The summed E-state index contributed by atoms with van der Waals surface area (Å²) >= 11 is 0. The molecule has 7 nitrogen and oxygen atoms in total. The van der Waals surface area contributed by atoms with Crippen LogP contribution < -0.4 is 5.32 Å². The van der Waals surface area contributed by atoms with Gasteiger partial charge < -0.3 is 5.32 Å². The number of hydrogen-bond donors (Lipinski definition) is 1. The molecule has 4 aromatic rings. The maximum Gasteiger partial charge on any atom is 0.277 e. The van der Waals surface area contributed by atoms with Gasteiger partial charge in [0.2, 0.25) is 0 Å². The lowest BCUT2D eigenvalue weighted by Crippen LogP contribution is -2.15. The molecule has 7 heteroatoms. The van der Waals surface area contributed by atoms with E-state index in [9.17, 15) is 4.79 Å². The number of anilines is 1. The van der Waals surface area contributed by atoms with E-state index in [1.165, 1.54) is 11.8 Å². The second-order valence-electron chi connectivity index (χ2n) is 5.77. The predicted molar refractivity (Wildman–Crippen MR) is 97.7 cm³/mol. The molecule has 1 aromatic carbocycles. The van der Waals surface area contributed by atoms with Gasteiger partial charge in [0.25, 0.3) is 5.91 Å². The van der Waals surface area contributed by atoms with Crippen molar-refractivity contribution in [3.63, 3.8) is 0 Å². The van der Waals surface area contributed by atoms with Crippen LogP contribution in [-0.4, -0.2) is 30.6 Å². The monoisotopic (exact) mass is 344 g/mol. The number of carbonyl (C=O) groups excluding carboxylic acids is 1. The number of pyridine rings is 1. The van der Waals surface area contributed by atoms with Crippen molar-refractivity contribution < 1.29 is 4.79 Å². The molecule has 0 saturated carbocycles. The van der Waals surface area contributed by atoms with E-state index in [2.05, 4.69) is 25.4 Å². The lowest BCUT2D eigenvalue weighted by Gasteiger charge is -2.03. The molecule has 0 aliphatic carbocycles. The summed E-state index contributed by atoms with van der Waals surface area (Å²) in [5, 5.41) is 7.13. The third-order valence-electron chi connectivity index (χ3n) is 3.94. The molecule has 0 saturated heterocycles. The third kappa shape index (κ3) is 3.56. The average molecular weight is 344 g/mol. The molecule has 0 bridgehead atoms. The highest BCUT2D eigenvalue weighted by Gasteiger charge is 2.11. The van der Waals surface area contributed by atoms with E-state index in [-0.39, 0.29) is 11.6 Å². The van der Waals surface area contributed by atoms with Crippen molar-refractivity contribution >= 4 is 22.8 Å². The molecule has 3 heterocycles. The molecule has 0 unspecified atom stereocenters. The van der Waals surface area contributed by atoms with Gasteiger partial charge in [-0.05, 0) is 36.2 Å². The largest absolute Gasteiger partial charge is 0.304 e. The van der Waals surface area contributed by atoms with Crippen molar-refractivity contribution in [3.05, 3.63) is 78.5 Å². The zero-order chi connectivity index (χ0) is 17.8. The number of benzene rings is 1. The highest BCUT2D eigenvalue weighted by Crippen LogP contribution is 2.10. The maximum absolute atomic E-state index is 12.4. The number of carbonyl (C=O) groups is 1. The van der Waals surface area contributed by atoms with Gasteiger partial charge in [0, 0.05) is 31.2 Å². The number of para-hydroxylation sites is 2. The van der Waals surface area contributed by atoms with Crippen LogP contribution in [0, 0.1) is 0 Å². The van der Waals surface area contributed by atoms with Gasteiger partial charge in [0.05, 0.1) is 17.2 Å². The number of nitrogens with zero attached hydrogens (tertiary/aromatic N) is 5. The molecule has 0 aliphatic rings. The molecule has 0 spiro atoms. The van der Waals surface area contributed by atoms with E-state index in [0.717, 1.165) is 18.5 Å². The smallest absolute Gasteiger partial charge is 0.277 e. The van der Waals surface area contributed by atoms with Crippen LogP contribution in [0.25, 0.3) is 11.0 Å². The zero-order valence-electron chi connectivity index (χ0n) is 13.9. The maximum atomic E-state index is 12.4. The zero-order valence-corrected chi connectivity index (χ0v) is 13.9. The molecule has 128 valence electrons. The first kappa shape index (κ1) is 15.9. The van der Waals surface area contributed by atoms with Crippen LogP contribution in [0.2, 0.25) is 0 Å². The summed E-state index contributed by atoms with van der Waals surface area (Å²) in [5.74, 6) is 0.155. The van der Waals surface area contributed by atoms with Gasteiger partial charge >= 0.3 is 0 Å². The molecule has 26 heavy (non-hydrogen) atoms. The first-order valence-electron chi connectivity index (χ1n) is 8.23. The standard InChI is InChI=1S/C19H16N6O/c26-19(17-13-21-15-3-1-2-4-16(15)22-17)23-18-8-12-25(24-18)11-7-14-5-9-20-10-6-14/h1-6,8-10,12-13H,7,11H2,(H,23,24,26). The SMILES string of the molecule is O=C(Nc1ccn(CCc2ccncc2)n1)c1cnc2ccccc2n1. The summed E-state index contributed by atoms with van der Waals surface area (Å²) in [5.41, 5.74) is 2.88. The number of aromatic nitrogens is 5. The molecule has 0 atom stereocenters. The Hall–Kier alpha value is -3.61. The number of aryl methyl sites for hydroxylation is 2. The van der Waals surface area contributed by atoms with Crippen LogP contribution in [0.15, 0.2) is 67.3 Å². The van der Waals surface area contributed by atoms with Gasteiger partial charge in [-0.25, -0.2) is 4.98 Å². The van der Waals surface area contributed by atoms with Gasteiger partial charge in [-0.15, -0.1) is 0 Å². The summed E-state index contributed by atoms with van der Waals surface area (Å²) in [6.45, 7) is 0.718. The number of amides is 1. The fourth-order valence-corrected chi connectivity index (χ4v) is 2.59. The fourth-order valence-electron chi connectivity index (χ4n) is 2.59. The van der Waals surface area contributed by atoms with Crippen molar-refractivity contribution in [3.8, 4) is 0 Å². The van der Waals surface area contributed by atoms with Crippen LogP contribution in [0.1, 0.15) is 16.1 Å². The number of rotatable bonds is 5. The molecule has 3 aromatic heterocycles. The molecule has 0 radical (unpaired) electrons. The van der Waals surface area contributed by atoms with Crippen LogP contribution in [-0.2, 0) is 13.0 Å². The topological polar surface area (TPSA) is 85.6 Å². The van der Waals surface area contributed by atoms with Crippen molar-refractivity contribution in [2.45, 2.75) is 13.0 Å². The van der Waals surface area contributed by atoms with Gasteiger partial charge in [0.1, 0.15) is 5.69 Å². The van der Waals surface area contributed by atoms with Crippen molar-refractivity contribution in [2.24, 2.45) is 0 Å². The van der Waals surface area contributed by atoms with Crippen LogP contribution >= 0.6 is 0 Å². The van der Waals surface area contributed by atoms with Gasteiger partial charge in [0.15, 0.2) is 5.82 Å². The Kier molecular flexibility index (Phi) is 4.34. The second-order valence-corrected chi connectivity index (χ2v) is 5.77. The Morgan fingerprint density at radius 1 is 1.04 bits per heavy atom. The molecule has 0 aliphatic heterocycles. The van der Waals surface area contributed by atoms with E-state index in [0.29, 0.717) is 11.3 Å². The minimum absolute atomic E-state index is 0.259. The first-order chi connectivity index (χ1) is 12.8. The van der Waals surface area contributed by atoms with Gasteiger partial charge in [-0.2, -0.15) is 5.10 Å². The fraction of sp³-hybridized carbons (Fsp3) is 0.105. The molecule has 0 fully saturated rings. The van der Waals surface area contributed by atoms with Crippen molar-refractivity contribution in [2.75, 3.05) is 5.32 Å². The Balaban J connectivity index is 1.42. The van der Waals surface area contributed by atoms with Crippen LogP contribution in [0.3, 0.4) is 0 Å². The quantitative estimate of drug-likeness (QED) is 0.602. The Morgan fingerprint density at radius 3 is 2.69 bits per heavy atom. The second kappa shape index (κ2) is 7.10. The van der Waals surface area contributed by atoms with E-state index in [1.807, 2.05) is 42.6 Å². The molecular formula is C19H16N6O. The Labute approximate surface area is 149 Å². The average Bonchev–Trinajstić information content (AvgIpc) is 3.14.